The van der Waals surface area contributed by atoms with Gasteiger partial charge in [0.1, 0.15) is 18.3 Å². The summed E-state index contributed by atoms with van der Waals surface area (Å²) in [5, 5.41) is 27.4. The van der Waals surface area contributed by atoms with Crippen LogP contribution < -0.4 is 5.73 Å². The second-order valence-corrected chi connectivity index (χ2v) is 3.12. The van der Waals surface area contributed by atoms with E-state index >= 15 is 0 Å². The zero-order chi connectivity index (χ0) is 9.30. The van der Waals surface area contributed by atoms with Crippen molar-refractivity contribution < 1.29 is 20.1 Å². The van der Waals surface area contributed by atoms with E-state index in [4.69, 9.17) is 15.6 Å². The summed E-state index contributed by atoms with van der Waals surface area (Å²) in [5.74, 6) is 0. The van der Waals surface area contributed by atoms with E-state index in [9.17, 15) is 10.2 Å². The minimum Gasteiger partial charge on any atom is -0.394 e. The zero-order valence-corrected chi connectivity index (χ0v) is 6.92. The molecule has 0 bridgehead atoms. The largest absolute Gasteiger partial charge is 0.394 e. The van der Waals surface area contributed by atoms with Crippen LogP contribution in [0.5, 0.6) is 0 Å². The molecule has 0 spiro atoms. The Morgan fingerprint density at radius 2 is 1.92 bits per heavy atom. The van der Waals surface area contributed by atoms with Crippen molar-refractivity contribution >= 4 is 0 Å². The number of ether oxygens (including phenoxy) is 1. The van der Waals surface area contributed by atoms with Gasteiger partial charge in [0.2, 0.25) is 0 Å². The minimum atomic E-state index is -1.10. The second-order valence-electron chi connectivity index (χ2n) is 3.12. The van der Waals surface area contributed by atoms with Gasteiger partial charge in [-0.25, -0.2) is 0 Å². The standard InChI is InChI=1S/C7H15NO4/c1-3-5(8)7(11)6(10)4(2-9)12-3/h3-7,9-11H,2,8H2,1H3/t3?,4-,5+,6-,7-/m1/s1. The van der Waals surface area contributed by atoms with Crippen molar-refractivity contribution in [1.29, 1.82) is 0 Å². The first-order valence-electron chi connectivity index (χ1n) is 3.96. The Bertz CT molecular complexity index is 150. The molecule has 0 amide bonds. The van der Waals surface area contributed by atoms with E-state index in [1.807, 2.05) is 0 Å². The van der Waals surface area contributed by atoms with Crippen molar-refractivity contribution in [2.45, 2.75) is 37.4 Å². The molecular formula is C7H15NO4. The molecule has 5 N–H and O–H groups in total. The normalized spacial score (nSPS) is 49.2. The van der Waals surface area contributed by atoms with Crippen molar-refractivity contribution in [1.82, 2.24) is 0 Å². The van der Waals surface area contributed by atoms with Gasteiger partial charge in [0.05, 0.1) is 18.8 Å². The monoisotopic (exact) mass is 177 g/mol. The van der Waals surface area contributed by atoms with E-state index in [-0.39, 0.29) is 12.7 Å². The van der Waals surface area contributed by atoms with Gasteiger partial charge in [0.15, 0.2) is 0 Å². The molecule has 1 aliphatic rings. The molecule has 1 saturated heterocycles. The third kappa shape index (κ3) is 1.60. The van der Waals surface area contributed by atoms with Crippen LogP contribution >= 0.6 is 0 Å². The van der Waals surface area contributed by atoms with Gasteiger partial charge in [0, 0.05) is 0 Å². The maximum absolute atomic E-state index is 9.35. The van der Waals surface area contributed by atoms with E-state index in [2.05, 4.69) is 0 Å². The summed E-state index contributed by atoms with van der Waals surface area (Å²) >= 11 is 0. The summed E-state index contributed by atoms with van der Waals surface area (Å²) in [6.45, 7) is 1.39. The van der Waals surface area contributed by atoms with Crippen molar-refractivity contribution in [3.05, 3.63) is 0 Å². The summed E-state index contributed by atoms with van der Waals surface area (Å²) in [4.78, 5) is 0. The summed E-state index contributed by atoms with van der Waals surface area (Å²) in [7, 11) is 0. The summed E-state index contributed by atoms with van der Waals surface area (Å²) in [5.41, 5.74) is 5.51. The predicted octanol–water partition coefficient (Wildman–Crippen LogP) is -2.18. The van der Waals surface area contributed by atoms with Gasteiger partial charge in [-0.2, -0.15) is 0 Å². The Morgan fingerprint density at radius 3 is 2.42 bits per heavy atom. The van der Waals surface area contributed by atoms with Gasteiger partial charge in [-0.15, -0.1) is 0 Å². The third-order valence-corrected chi connectivity index (χ3v) is 2.24. The van der Waals surface area contributed by atoms with Crippen LogP contribution in [0, 0.1) is 0 Å². The van der Waals surface area contributed by atoms with Gasteiger partial charge >= 0.3 is 0 Å². The summed E-state index contributed by atoms with van der Waals surface area (Å²) < 4.78 is 5.15. The number of nitrogens with two attached hydrogens (primary N) is 1. The van der Waals surface area contributed by atoms with Crippen molar-refractivity contribution in [3.63, 3.8) is 0 Å². The molecule has 1 rings (SSSR count). The van der Waals surface area contributed by atoms with Crippen LogP contribution in [0.15, 0.2) is 0 Å². The highest BCUT2D eigenvalue weighted by atomic mass is 16.5. The lowest BCUT2D eigenvalue weighted by molar-refractivity contribution is -0.183. The Labute approximate surface area is 70.8 Å². The van der Waals surface area contributed by atoms with E-state index in [1.165, 1.54) is 0 Å². The summed E-state index contributed by atoms with van der Waals surface area (Å²) in [6, 6.07) is -0.595. The molecule has 0 radical (unpaired) electrons. The van der Waals surface area contributed by atoms with Gasteiger partial charge in [-0.3, -0.25) is 0 Å². The Morgan fingerprint density at radius 1 is 1.33 bits per heavy atom. The lowest BCUT2D eigenvalue weighted by Crippen LogP contribution is -2.60. The van der Waals surface area contributed by atoms with Gasteiger partial charge in [0.25, 0.3) is 0 Å². The quantitative estimate of drug-likeness (QED) is 0.365. The number of aliphatic hydroxyl groups excluding tert-OH is 3. The number of rotatable bonds is 1. The van der Waals surface area contributed by atoms with Crippen LogP contribution in [-0.4, -0.2) is 52.4 Å². The zero-order valence-electron chi connectivity index (χ0n) is 6.92. The fourth-order valence-electron chi connectivity index (χ4n) is 1.32. The fraction of sp³-hybridized carbons (Fsp3) is 1.00. The third-order valence-electron chi connectivity index (χ3n) is 2.24. The summed E-state index contributed by atoms with van der Waals surface area (Å²) in [6.07, 6.45) is -3.19. The average molecular weight is 177 g/mol. The molecule has 12 heavy (non-hydrogen) atoms. The maximum Gasteiger partial charge on any atom is 0.110 e. The van der Waals surface area contributed by atoms with Gasteiger partial charge in [-0.1, -0.05) is 0 Å². The Kier molecular flexibility index (Phi) is 3.03. The second kappa shape index (κ2) is 3.68. The first kappa shape index (κ1) is 9.88. The molecule has 5 nitrogen and oxygen atoms in total. The van der Waals surface area contributed by atoms with Crippen LogP contribution in [0.2, 0.25) is 0 Å². The highest BCUT2D eigenvalue weighted by Gasteiger charge is 2.40. The van der Waals surface area contributed by atoms with Gasteiger partial charge < -0.3 is 25.8 Å². The lowest BCUT2D eigenvalue weighted by Gasteiger charge is -2.39. The molecule has 0 aromatic heterocycles. The first-order chi connectivity index (χ1) is 5.57. The Hall–Kier alpha value is -0.200. The van der Waals surface area contributed by atoms with Crippen LogP contribution in [0.3, 0.4) is 0 Å². The maximum atomic E-state index is 9.35. The van der Waals surface area contributed by atoms with Crippen LogP contribution in [0.1, 0.15) is 6.92 Å². The molecular weight excluding hydrogens is 162 g/mol. The van der Waals surface area contributed by atoms with E-state index in [0.717, 1.165) is 0 Å². The van der Waals surface area contributed by atoms with E-state index in [0.29, 0.717) is 0 Å². The smallest absolute Gasteiger partial charge is 0.110 e. The van der Waals surface area contributed by atoms with Gasteiger partial charge in [-0.05, 0) is 6.92 Å². The van der Waals surface area contributed by atoms with Crippen LogP contribution in [0.25, 0.3) is 0 Å². The molecule has 5 atom stereocenters. The average Bonchev–Trinajstić information content (AvgIpc) is 2.08. The molecule has 0 saturated carbocycles. The van der Waals surface area contributed by atoms with E-state index < -0.39 is 24.4 Å². The molecule has 0 aromatic carbocycles. The molecule has 72 valence electrons. The molecule has 1 aliphatic heterocycles. The predicted molar refractivity (Wildman–Crippen MR) is 41.4 cm³/mol. The highest BCUT2D eigenvalue weighted by molar-refractivity contribution is 4.92. The SMILES string of the molecule is CC1O[C@H](CO)[C@@H](O)[C@H](O)[C@H]1N. The van der Waals surface area contributed by atoms with Crippen LogP contribution in [0.4, 0.5) is 0 Å². The molecule has 0 aromatic rings. The highest BCUT2D eigenvalue weighted by Crippen LogP contribution is 2.18. The van der Waals surface area contributed by atoms with Crippen molar-refractivity contribution in [3.8, 4) is 0 Å². The Balaban J connectivity index is 2.63. The molecule has 1 unspecified atom stereocenters. The lowest BCUT2D eigenvalue weighted by atomic mass is 9.94. The van der Waals surface area contributed by atoms with Crippen molar-refractivity contribution in [2.75, 3.05) is 6.61 Å². The van der Waals surface area contributed by atoms with E-state index in [1.54, 1.807) is 6.92 Å². The number of aliphatic hydroxyl groups is 3. The topological polar surface area (TPSA) is 95.9 Å². The number of hydrogen-bond donors (Lipinski definition) is 4. The molecule has 1 fully saturated rings. The molecule has 5 heteroatoms. The first-order valence-corrected chi connectivity index (χ1v) is 3.96. The molecule has 1 heterocycles. The van der Waals surface area contributed by atoms with Crippen LogP contribution in [-0.2, 0) is 4.74 Å². The number of hydrogen-bond acceptors (Lipinski definition) is 5. The van der Waals surface area contributed by atoms with Crippen molar-refractivity contribution in [2.24, 2.45) is 5.73 Å². The fourth-order valence-corrected chi connectivity index (χ4v) is 1.32. The minimum absolute atomic E-state index is 0.310. The molecule has 0 aliphatic carbocycles.